The molecule has 0 atom stereocenters. The number of benzene rings is 1. The van der Waals surface area contributed by atoms with E-state index in [1.807, 2.05) is 19.1 Å². The molecule has 118 valence electrons. The molecule has 0 bridgehead atoms. The minimum atomic E-state index is -0.524. The van der Waals surface area contributed by atoms with Crippen LogP contribution in [0.15, 0.2) is 21.1 Å². The highest BCUT2D eigenvalue weighted by molar-refractivity contribution is 9.11. The maximum Gasteiger partial charge on any atom is 0.361 e. The molecule has 0 aliphatic rings. The van der Waals surface area contributed by atoms with Crippen molar-refractivity contribution in [1.29, 1.82) is 0 Å². The number of carbonyl (C=O) groups is 1. The molecule has 8 heteroatoms. The van der Waals surface area contributed by atoms with Crippen LogP contribution in [-0.2, 0) is 4.74 Å². The highest BCUT2D eigenvalue weighted by Crippen LogP contribution is 2.39. The molecule has 0 aliphatic carbocycles. The van der Waals surface area contributed by atoms with Crippen LogP contribution in [0.25, 0.3) is 11.3 Å². The van der Waals surface area contributed by atoms with Gasteiger partial charge in [-0.1, -0.05) is 22.9 Å². The summed E-state index contributed by atoms with van der Waals surface area (Å²) in [5.74, 6) is 0.0910. The Labute approximate surface area is 144 Å². The first-order valence-corrected chi connectivity index (χ1v) is 8.37. The summed E-state index contributed by atoms with van der Waals surface area (Å²) in [6.07, 6.45) is 0.867. The summed E-state index contributed by atoms with van der Waals surface area (Å²) in [5.41, 5.74) is 1.19. The molecule has 1 heterocycles. The van der Waals surface area contributed by atoms with E-state index in [9.17, 15) is 4.79 Å². The van der Waals surface area contributed by atoms with Crippen molar-refractivity contribution in [2.75, 3.05) is 13.2 Å². The molecule has 0 amide bonds. The molecule has 0 saturated heterocycles. The maximum absolute atomic E-state index is 12.0. The first-order chi connectivity index (χ1) is 10.6. The topological polar surface area (TPSA) is 77.1 Å². The Kier molecular flexibility index (Phi) is 5.96. The molecule has 1 aromatic heterocycles. The Hall–Kier alpha value is -1.41. The molecule has 0 unspecified atom stereocenters. The fraction of sp³-hybridized carbons (Fsp3) is 0.357. The van der Waals surface area contributed by atoms with Gasteiger partial charge in [-0.2, -0.15) is 10.3 Å². The van der Waals surface area contributed by atoms with Crippen molar-refractivity contribution in [1.82, 2.24) is 15.4 Å². The summed E-state index contributed by atoms with van der Waals surface area (Å²) >= 11 is 6.91. The average molecular weight is 433 g/mol. The number of hydrogen-bond acceptors (Lipinski definition) is 5. The van der Waals surface area contributed by atoms with E-state index in [1.165, 1.54) is 0 Å². The molecule has 0 saturated carbocycles. The van der Waals surface area contributed by atoms with Gasteiger partial charge in [-0.05, 0) is 41.4 Å². The van der Waals surface area contributed by atoms with Crippen LogP contribution < -0.4 is 4.74 Å². The second kappa shape index (κ2) is 7.73. The normalized spacial score (nSPS) is 10.5. The third-order valence-electron chi connectivity index (χ3n) is 2.73. The number of carbonyl (C=O) groups excluding carboxylic acids is 1. The lowest BCUT2D eigenvalue weighted by Gasteiger charge is -2.12. The molecule has 1 N–H and O–H groups in total. The lowest BCUT2D eigenvalue weighted by Crippen LogP contribution is -2.07. The minimum Gasteiger partial charge on any atom is -0.492 e. The number of esters is 1. The van der Waals surface area contributed by atoms with E-state index < -0.39 is 5.97 Å². The predicted molar refractivity (Wildman–Crippen MR) is 89.0 cm³/mol. The summed E-state index contributed by atoms with van der Waals surface area (Å²) < 4.78 is 12.4. The van der Waals surface area contributed by atoms with Crippen LogP contribution in [0.1, 0.15) is 30.8 Å². The smallest absolute Gasteiger partial charge is 0.361 e. The third-order valence-corrected chi connectivity index (χ3v) is 3.78. The van der Waals surface area contributed by atoms with Crippen LogP contribution in [0.2, 0.25) is 0 Å². The Morgan fingerprint density at radius 2 is 2.05 bits per heavy atom. The van der Waals surface area contributed by atoms with Crippen molar-refractivity contribution in [2.45, 2.75) is 20.3 Å². The fourth-order valence-corrected chi connectivity index (χ4v) is 3.19. The van der Waals surface area contributed by atoms with Gasteiger partial charge < -0.3 is 9.47 Å². The number of nitrogens with one attached hydrogen (secondary N) is 1. The van der Waals surface area contributed by atoms with Crippen molar-refractivity contribution in [3.8, 4) is 17.0 Å². The molecule has 0 fully saturated rings. The molecule has 0 spiro atoms. The molecule has 2 aromatic rings. The van der Waals surface area contributed by atoms with E-state index >= 15 is 0 Å². The average Bonchev–Trinajstić information content (AvgIpc) is 2.95. The van der Waals surface area contributed by atoms with Crippen molar-refractivity contribution in [3.63, 3.8) is 0 Å². The van der Waals surface area contributed by atoms with Gasteiger partial charge in [0.2, 0.25) is 0 Å². The molecular weight excluding hydrogens is 418 g/mol. The zero-order chi connectivity index (χ0) is 16.1. The summed E-state index contributed by atoms with van der Waals surface area (Å²) in [7, 11) is 0. The molecule has 1 aromatic carbocycles. The number of nitrogens with zero attached hydrogens (tertiary/aromatic N) is 2. The summed E-state index contributed by atoms with van der Waals surface area (Å²) in [6.45, 7) is 4.59. The zero-order valence-electron chi connectivity index (χ0n) is 12.2. The van der Waals surface area contributed by atoms with Gasteiger partial charge >= 0.3 is 5.97 Å². The Balaban J connectivity index is 2.52. The van der Waals surface area contributed by atoms with Gasteiger partial charge in [0, 0.05) is 10.0 Å². The van der Waals surface area contributed by atoms with Gasteiger partial charge in [-0.3, -0.25) is 0 Å². The van der Waals surface area contributed by atoms with E-state index in [4.69, 9.17) is 9.47 Å². The lowest BCUT2D eigenvalue weighted by atomic mass is 10.1. The number of H-pyrrole nitrogens is 1. The lowest BCUT2D eigenvalue weighted by molar-refractivity contribution is 0.0520. The second-order valence-corrected chi connectivity index (χ2v) is 6.12. The van der Waals surface area contributed by atoms with Gasteiger partial charge in [0.1, 0.15) is 11.4 Å². The highest BCUT2D eigenvalue weighted by Gasteiger charge is 2.23. The molecule has 0 radical (unpaired) electrons. The number of aromatic amines is 1. The van der Waals surface area contributed by atoms with Crippen molar-refractivity contribution < 1.29 is 14.3 Å². The quantitative estimate of drug-likeness (QED) is 0.699. The Bertz CT molecular complexity index is 673. The number of aromatic nitrogens is 3. The second-order valence-electron chi connectivity index (χ2n) is 4.35. The SMILES string of the molecule is CCCOc1c(Br)cc(Br)cc1-c1n[nH]nc1C(=O)OCC. The van der Waals surface area contributed by atoms with Gasteiger partial charge in [0.05, 0.1) is 17.7 Å². The van der Waals surface area contributed by atoms with Gasteiger partial charge in [0.15, 0.2) is 5.69 Å². The number of halogens is 2. The van der Waals surface area contributed by atoms with Crippen LogP contribution in [0, 0.1) is 0 Å². The Morgan fingerprint density at radius 1 is 1.27 bits per heavy atom. The molecule has 2 rings (SSSR count). The van der Waals surface area contributed by atoms with Gasteiger partial charge in [-0.25, -0.2) is 4.79 Å². The van der Waals surface area contributed by atoms with Gasteiger partial charge in [0.25, 0.3) is 0 Å². The molecule has 22 heavy (non-hydrogen) atoms. The van der Waals surface area contributed by atoms with Gasteiger partial charge in [-0.15, -0.1) is 5.10 Å². The number of ether oxygens (including phenoxy) is 2. The number of hydrogen-bond donors (Lipinski definition) is 1. The van der Waals surface area contributed by atoms with Crippen LogP contribution in [0.4, 0.5) is 0 Å². The van der Waals surface area contributed by atoms with Crippen LogP contribution in [0.5, 0.6) is 5.75 Å². The first kappa shape index (κ1) is 17.0. The van der Waals surface area contributed by atoms with Crippen molar-refractivity contribution in [2.24, 2.45) is 0 Å². The number of rotatable bonds is 6. The summed E-state index contributed by atoms with van der Waals surface area (Å²) in [4.78, 5) is 12.0. The van der Waals surface area contributed by atoms with Crippen LogP contribution in [-0.4, -0.2) is 34.6 Å². The maximum atomic E-state index is 12.0. The fourth-order valence-electron chi connectivity index (χ4n) is 1.85. The first-order valence-electron chi connectivity index (χ1n) is 6.78. The summed E-state index contributed by atoms with van der Waals surface area (Å²) in [5, 5.41) is 10.4. The molecule has 6 nitrogen and oxygen atoms in total. The Morgan fingerprint density at radius 3 is 2.73 bits per heavy atom. The largest absolute Gasteiger partial charge is 0.492 e. The molecule has 0 aliphatic heterocycles. The van der Waals surface area contributed by atoms with Crippen LogP contribution in [0.3, 0.4) is 0 Å². The standard InChI is InChI=1S/C14H15Br2N3O3/c1-3-5-22-13-9(6-8(15)7-10(13)16)11-12(18-19-17-11)14(20)21-4-2/h6-7H,3-5H2,1-2H3,(H,17,18,19). The van der Waals surface area contributed by atoms with Crippen molar-refractivity contribution >= 4 is 37.8 Å². The van der Waals surface area contributed by atoms with Crippen LogP contribution >= 0.6 is 31.9 Å². The highest BCUT2D eigenvalue weighted by atomic mass is 79.9. The molecular formula is C14H15Br2N3O3. The monoisotopic (exact) mass is 431 g/mol. The zero-order valence-corrected chi connectivity index (χ0v) is 15.3. The van der Waals surface area contributed by atoms with E-state index in [0.29, 0.717) is 23.6 Å². The van der Waals surface area contributed by atoms with E-state index in [0.717, 1.165) is 15.4 Å². The van der Waals surface area contributed by atoms with E-state index in [-0.39, 0.29) is 12.3 Å². The van der Waals surface area contributed by atoms with Crippen molar-refractivity contribution in [3.05, 3.63) is 26.8 Å². The van der Waals surface area contributed by atoms with E-state index in [2.05, 4.69) is 47.3 Å². The predicted octanol–water partition coefficient (Wildman–Crippen LogP) is 3.96. The minimum absolute atomic E-state index is 0.133. The third kappa shape index (κ3) is 3.67. The van der Waals surface area contributed by atoms with E-state index in [1.54, 1.807) is 6.92 Å². The summed E-state index contributed by atoms with van der Waals surface area (Å²) in [6, 6.07) is 3.70.